The summed E-state index contributed by atoms with van der Waals surface area (Å²) < 4.78 is 5.05. The van der Waals surface area contributed by atoms with Crippen molar-refractivity contribution in [2.75, 3.05) is 7.11 Å². The van der Waals surface area contributed by atoms with Gasteiger partial charge in [0.25, 0.3) is 0 Å². The third-order valence-electron chi connectivity index (χ3n) is 3.67. The first-order valence-corrected chi connectivity index (χ1v) is 5.47. The number of nitrogens with zero attached hydrogens (tertiary/aromatic N) is 1. The number of nitrogens with two attached hydrogens (primary N) is 1. The van der Waals surface area contributed by atoms with E-state index in [0.29, 0.717) is 5.75 Å². The van der Waals surface area contributed by atoms with E-state index in [2.05, 4.69) is 13.8 Å². The average Bonchev–Trinajstić information content (AvgIpc) is 2.77. The molecule has 1 aliphatic rings. The molecule has 2 rings (SSSR count). The van der Waals surface area contributed by atoms with Crippen molar-refractivity contribution in [2.45, 2.75) is 25.8 Å². The Balaban J connectivity index is 2.37. The fourth-order valence-corrected chi connectivity index (χ4v) is 2.35. The van der Waals surface area contributed by atoms with E-state index >= 15 is 0 Å². The van der Waals surface area contributed by atoms with Gasteiger partial charge in [-0.05, 0) is 17.0 Å². The van der Waals surface area contributed by atoms with Crippen LogP contribution < -0.4 is 10.5 Å². The molecular weight excluding hydrogens is 220 g/mol. The van der Waals surface area contributed by atoms with E-state index in [9.17, 15) is 10.1 Å². The molecule has 0 amide bonds. The fraction of sp³-hybridized carbons (Fsp3) is 0.500. The molecule has 0 radical (unpaired) electrons. The van der Waals surface area contributed by atoms with Crippen LogP contribution in [0.3, 0.4) is 0 Å². The number of rotatable bonds is 3. The molecule has 1 saturated carbocycles. The molecule has 92 valence electrons. The van der Waals surface area contributed by atoms with E-state index in [-0.39, 0.29) is 23.1 Å². The van der Waals surface area contributed by atoms with Gasteiger partial charge in [-0.25, -0.2) is 0 Å². The van der Waals surface area contributed by atoms with Crippen LogP contribution in [-0.4, -0.2) is 18.1 Å². The molecular formula is C12H16N2O3. The standard InChI is InChI=1S/C12H16N2O3/c1-12(2)10(11(12)13)7-4-5-8(14(15)16)9(6-7)17-3/h4-6,10-11H,13H2,1-3H3. The Morgan fingerprint density at radius 1 is 1.47 bits per heavy atom. The molecule has 1 aromatic rings. The van der Waals surface area contributed by atoms with Crippen molar-refractivity contribution in [3.8, 4) is 5.75 Å². The highest BCUT2D eigenvalue weighted by Crippen LogP contribution is 2.57. The summed E-state index contributed by atoms with van der Waals surface area (Å²) >= 11 is 0. The Hall–Kier alpha value is -1.62. The predicted molar refractivity (Wildman–Crippen MR) is 64.1 cm³/mol. The van der Waals surface area contributed by atoms with Crippen molar-refractivity contribution in [1.29, 1.82) is 0 Å². The minimum Gasteiger partial charge on any atom is -0.490 e. The van der Waals surface area contributed by atoms with Crippen molar-refractivity contribution >= 4 is 5.69 Å². The number of nitro benzene ring substituents is 1. The monoisotopic (exact) mass is 236 g/mol. The van der Waals surface area contributed by atoms with Crippen molar-refractivity contribution in [3.63, 3.8) is 0 Å². The van der Waals surface area contributed by atoms with Crippen LogP contribution in [0, 0.1) is 15.5 Å². The Labute approximate surface area is 99.7 Å². The van der Waals surface area contributed by atoms with E-state index in [1.807, 2.05) is 0 Å². The molecule has 0 bridgehead atoms. The van der Waals surface area contributed by atoms with Gasteiger partial charge in [-0.2, -0.15) is 0 Å². The van der Waals surface area contributed by atoms with Crippen molar-refractivity contribution in [3.05, 3.63) is 33.9 Å². The molecule has 1 aromatic carbocycles. The lowest BCUT2D eigenvalue weighted by atomic mass is 10.0. The highest BCUT2D eigenvalue weighted by molar-refractivity contribution is 5.51. The molecule has 1 aliphatic carbocycles. The molecule has 0 saturated heterocycles. The number of ether oxygens (including phenoxy) is 1. The van der Waals surface area contributed by atoms with Crippen LogP contribution in [0.15, 0.2) is 18.2 Å². The van der Waals surface area contributed by atoms with Gasteiger partial charge in [0.15, 0.2) is 5.75 Å². The maximum Gasteiger partial charge on any atom is 0.310 e. The van der Waals surface area contributed by atoms with E-state index in [1.54, 1.807) is 12.1 Å². The Morgan fingerprint density at radius 3 is 2.47 bits per heavy atom. The molecule has 0 heterocycles. The van der Waals surface area contributed by atoms with E-state index in [0.717, 1.165) is 5.56 Å². The largest absolute Gasteiger partial charge is 0.490 e. The number of benzene rings is 1. The Kier molecular flexibility index (Phi) is 2.58. The van der Waals surface area contributed by atoms with Crippen LogP contribution in [-0.2, 0) is 0 Å². The van der Waals surface area contributed by atoms with Crippen molar-refractivity contribution in [1.82, 2.24) is 0 Å². The zero-order valence-corrected chi connectivity index (χ0v) is 10.1. The lowest BCUT2D eigenvalue weighted by Crippen LogP contribution is -2.06. The second-order valence-electron chi connectivity index (χ2n) is 5.01. The minimum absolute atomic E-state index is 0.0109. The smallest absolute Gasteiger partial charge is 0.310 e. The molecule has 5 heteroatoms. The first-order chi connectivity index (χ1) is 7.89. The lowest BCUT2D eigenvalue weighted by Gasteiger charge is -2.06. The normalized spacial score (nSPS) is 25.4. The summed E-state index contributed by atoms with van der Waals surface area (Å²) in [7, 11) is 1.43. The first kappa shape index (κ1) is 11.9. The SMILES string of the molecule is COc1cc(C2C(N)C2(C)C)ccc1[N+](=O)[O-]. The van der Waals surface area contributed by atoms with Gasteiger partial charge in [-0.3, -0.25) is 10.1 Å². The molecule has 2 atom stereocenters. The maximum atomic E-state index is 10.8. The summed E-state index contributed by atoms with van der Waals surface area (Å²) in [5.74, 6) is 0.541. The van der Waals surface area contributed by atoms with Gasteiger partial charge >= 0.3 is 5.69 Å². The van der Waals surface area contributed by atoms with Crippen LogP contribution >= 0.6 is 0 Å². The Morgan fingerprint density at radius 2 is 2.06 bits per heavy atom. The van der Waals surface area contributed by atoms with Crippen LogP contribution in [0.5, 0.6) is 5.75 Å². The number of methoxy groups -OCH3 is 1. The number of nitro groups is 1. The van der Waals surface area contributed by atoms with Crippen LogP contribution in [0.2, 0.25) is 0 Å². The highest BCUT2D eigenvalue weighted by Gasteiger charge is 2.56. The molecule has 2 unspecified atom stereocenters. The number of hydrogen-bond donors (Lipinski definition) is 1. The lowest BCUT2D eigenvalue weighted by molar-refractivity contribution is -0.385. The summed E-state index contributed by atoms with van der Waals surface area (Å²) in [6.45, 7) is 4.19. The molecule has 0 aliphatic heterocycles. The second-order valence-corrected chi connectivity index (χ2v) is 5.01. The van der Waals surface area contributed by atoms with Crippen LogP contribution in [0.1, 0.15) is 25.3 Å². The van der Waals surface area contributed by atoms with Crippen LogP contribution in [0.4, 0.5) is 5.69 Å². The topological polar surface area (TPSA) is 78.4 Å². The fourth-order valence-electron chi connectivity index (χ4n) is 2.35. The minimum atomic E-state index is -0.444. The predicted octanol–water partition coefficient (Wildman–Crippen LogP) is 2.05. The van der Waals surface area contributed by atoms with Gasteiger partial charge in [-0.1, -0.05) is 19.9 Å². The Bertz CT molecular complexity index is 471. The molecule has 0 aromatic heterocycles. The quantitative estimate of drug-likeness (QED) is 0.643. The third-order valence-corrected chi connectivity index (χ3v) is 3.67. The van der Waals surface area contributed by atoms with Crippen molar-refractivity contribution in [2.24, 2.45) is 11.1 Å². The van der Waals surface area contributed by atoms with Gasteiger partial charge in [0.05, 0.1) is 12.0 Å². The van der Waals surface area contributed by atoms with E-state index < -0.39 is 4.92 Å². The van der Waals surface area contributed by atoms with E-state index in [1.165, 1.54) is 13.2 Å². The zero-order valence-electron chi connectivity index (χ0n) is 10.1. The summed E-state index contributed by atoms with van der Waals surface area (Å²) in [5, 5.41) is 10.8. The first-order valence-electron chi connectivity index (χ1n) is 5.47. The average molecular weight is 236 g/mol. The van der Waals surface area contributed by atoms with E-state index in [4.69, 9.17) is 10.5 Å². The molecule has 0 spiro atoms. The third kappa shape index (κ3) is 1.76. The summed E-state index contributed by atoms with van der Waals surface area (Å²) in [6.07, 6.45) is 0. The van der Waals surface area contributed by atoms with Gasteiger partial charge in [0.2, 0.25) is 0 Å². The maximum absolute atomic E-state index is 10.8. The number of hydrogen-bond acceptors (Lipinski definition) is 4. The summed E-state index contributed by atoms with van der Waals surface area (Å²) in [6, 6.07) is 5.07. The molecule has 17 heavy (non-hydrogen) atoms. The second kappa shape index (κ2) is 3.70. The van der Waals surface area contributed by atoms with Gasteiger partial charge in [-0.15, -0.1) is 0 Å². The zero-order chi connectivity index (χ0) is 12.8. The van der Waals surface area contributed by atoms with Crippen LogP contribution in [0.25, 0.3) is 0 Å². The molecule has 5 nitrogen and oxygen atoms in total. The molecule has 1 fully saturated rings. The molecule has 2 N–H and O–H groups in total. The summed E-state index contributed by atoms with van der Waals surface area (Å²) in [4.78, 5) is 10.3. The highest BCUT2D eigenvalue weighted by atomic mass is 16.6. The van der Waals surface area contributed by atoms with Gasteiger partial charge < -0.3 is 10.5 Å². The van der Waals surface area contributed by atoms with Gasteiger partial charge in [0.1, 0.15) is 0 Å². The van der Waals surface area contributed by atoms with Crippen molar-refractivity contribution < 1.29 is 9.66 Å². The van der Waals surface area contributed by atoms with Gasteiger partial charge in [0, 0.05) is 18.0 Å². The summed E-state index contributed by atoms with van der Waals surface area (Å²) in [5.41, 5.74) is 7.04.